The molecule has 2 aromatic rings. The van der Waals surface area contributed by atoms with Gasteiger partial charge in [0.2, 0.25) is 5.91 Å². The van der Waals surface area contributed by atoms with Crippen LogP contribution >= 0.6 is 11.6 Å². The second kappa shape index (κ2) is 6.80. The van der Waals surface area contributed by atoms with Crippen molar-refractivity contribution < 1.29 is 4.79 Å². The molecule has 0 radical (unpaired) electrons. The zero-order valence-corrected chi connectivity index (χ0v) is 13.0. The Morgan fingerprint density at radius 2 is 2.05 bits per heavy atom. The van der Waals surface area contributed by atoms with E-state index in [0.29, 0.717) is 5.02 Å². The van der Waals surface area contributed by atoms with Gasteiger partial charge in [-0.15, -0.1) is 0 Å². The van der Waals surface area contributed by atoms with Gasteiger partial charge < -0.3 is 5.32 Å². The van der Waals surface area contributed by atoms with Crippen molar-refractivity contribution in [1.29, 1.82) is 0 Å². The number of hydrogen-bond donors (Lipinski definition) is 1. The number of nitrogens with one attached hydrogen (secondary N) is 1. The van der Waals surface area contributed by atoms with E-state index in [-0.39, 0.29) is 11.9 Å². The van der Waals surface area contributed by atoms with E-state index in [0.717, 1.165) is 24.8 Å². The third-order valence-corrected chi connectivity index (χ3v) is 4.20. The SMILES string of the molecule is O=C(/C=C/c1cccc(Cl)c1)N[C@@H]1CCCc2ccccc21. The molecule has 0 saturated heterocycles. The first-order valence-electron chi connectivity index (χ1n) is 7.54. The van der Waals surface area contributed by atoms with Crippen LogP contribution in [0.4, 0.5) is 0 Å². The highest BCUT2D eigenvalue weighted by molar-refractivity contribution is 6.30. The molecular weight excluding hydrogens is 294 g/mol. The molecule has 0 heterocycles. The number of fused-ring (bicyclic) bond motifs is 1. The monoisotopic (exact) mass is 311 g/mol. The fourth-order valence-electron chi connectivity index (χ4n) is 2.91. The van der Waals surface area contributed by atoms with E-state index in [1.54, 1.807) is 12.2 Å². The summed E-state index contributed by atoms with van der Waals surface area (Å²) in [4.78, 5) is 12.1. The summed E-state index contributed by atoms with van der Waals surface area (Å²) < 4.78 is 0. The summed E-state index contributed by atoms with van der Waals surface area (Å²) in [6, 6.07) is 15.9. The lowest BCUT2D eigenvalue weighted by Crippen LogP contribution is -2.29. The van der Waals surface area contributed by atoms with Gasteiger partial charge >= 0.3 is 0 Å². The normalized spacial score (nSPS) is 17.2. The van der Waals surface area contributed by atoms with Gasteiger partial charge in [0.05, 0.1) is 6.04 Å². The number of carbonyl (C=O) groups excluding carboxylic acids is 1. The van der Waals surface area contributed by atoms with Crippen molar-refractivity contribution in [2.45, 2.75) is 25.3 Å². The molecule has 2 aromatic carbocycles. The molecule has 3 heteroatoms. The van der Waals surface area contributed by atoms with Gasteiger partial charge in [0.25, 0.3) is 0 Å². The molecule has 0 spiro atoms. The third-order valence-electron chi connectivity index (χ3n) is 3.96. The first kappa shape index (κ1) is 14.9. The molecule has 0 fully saturated rings. The lowest BCUT2D eigenvalue weighted by Gasteiger charge is -2.25. The zero-order chi connectivity index (χ0) is 15.4. The van der Waals surface area contributed by atoms with Gasteiger partial charge in [-0.25, -0.2) is 0 Å². The minimum atomic E-state index is -0.0679. The molecule has 22 heavy (non-hydrogen) atoms. The van der Waals surface area contributed by atoms with Crippen molar-refractivity contribution in [2.24, 2.45) is 0 Å². The molecule has 1 atom stereocenters. The molecule has 1 N–H and O–H groups in total. The van der Waals surface area contributed by atoms with Crippen LogP contribution in [-0.2, 0) is 11.2 Å². The number of benzene rings is 2. The molecule has 2 nitrogen and oxygen atoms in total. The molecule has 3 rings (SSSR count). The number of hydrogen-bond acceptors (Lipinski definition) is 1. The van der Waals surface area contributed by atoms with Gasteiger partial charge in [-0.3, -0.25) is 4.79 Å². The van der Waals surface area contributed by atoms with Crippen LogP contribution in [0, 0.1) is 0 Å². The van der Waals surface area contributed by atoms with Crippen LogP contribution in [0.25, 0.3) is 6.08 Å². The maximum absolute atomic E-state index is 12.1. The quantitative estimate of drug-likeness (QED) is 0.828. The summed E-state index contributed by atoms with van der Waals surface area (Å²) in [7, 11) is 0. The Bertz CT molecular complexity index is 708. The Hall–Kier alpha value is -2.06. The summed E-state index contributed by atoms with van der Waals surface area (Å²) in [5.74, 6) is -0.0679. The maximum atomic E-state index is 12.1. The minimum absolute atomic E-state index is 0.0679. The Labute approximate surface area is 135 Å². The van der Waals surface area contributed by atoms with E-state index in [4.69, 9.17) is 11.6 Å². The Morgan fingerprint density at radius 1 is 1.18 bits per heavy atom. The lowest BCUT2D eigenvalue weighted by atomic mass is 9.88. The van der Waals surface area contributed by atoms with Crippen LogP contribution in [0.3, 0.4) is 0 Å². The van der Waals surface area contributed by atoms with Gasteiger partial charge in [-0.05, 0) is 54.2 Å². The highest BCUT2D eigenvalue weighted by atomic mass is 35.5. The predicted molar refractivity (Wildman–Crippen MR) is 90.7 cm³/mol. The minimum Gasteiger partial charge on any atom is -0.346 e. The number of amides is 1. The van der Waals surface area contributed by atoms with Crippen LogP contribution in [0.15, 0.2) is 54.6 Å². The van der Waals surface area contributed by atoms with Crippen molar-refractivity contribution in [2.75, 3.05) is 0 Å². The zero-order valence-electron chi connectivity index (χ0n) is 12.3. The predicted octanol–water partition coefficient (Wildman–Crippen LogP) is 4.55. The second-order valence-electron chi connectivity index (χ2n) is 5.54. The van der Waals surface area contributed by atoms with Crippen LogP contribution in [0.1, 0.15) is 35.6 Å². The molecule has 1 aliphatic carbocycles. The van der Waals surface area contributed by atoms with E-state index in [9.17, 15) is 4.79 Å². The highest BCUT2D eigenvalue weighted by Gasteiger charge is 2.20. The van der Waals surface area contributed by atoms with E-state index >= 15 is 0 Å². The van der Waals surface area contributed by atoms with E-state index in [1.165, 1.54) is 11.1 Å². The molecule has 0 unspecified atom stereocenters. The number of carbonyl (C=O) groups is 1. The van der Waals surface area contributed by atoms with E-state index < -0.39 is 0 Å². The van der Waals surface area contributed by atoms with Crippen LogP contribution in [0.2, 0.25) is 5.02 Å². The summed E-state index contributed by atoms with van der Waals surface area (Å²) in [6.45, 7) is 0. The van der Waals surface area contributed by atoms with Crippen molar-refractivity contribution in [3.05, 3.63) is 76.3 Å². The Balaban J connectivity index is 1.68. The van der Waals surface area contributed by atoms with E-state index in [1.807, 2.05) is 30.3 Å². The first-order chi connectivity index (χ1) is 10.7. The number of aryl methyl sites for hydroxylation is 1. The van der Waals surface area contributed by atoms with Crippen molar-refractivity contribution in [3.8, 4) is 0 Å². The van der Waals surface area contributed by atoms with Gasteiger partial charge in [-0.1, -0.05) is 48.0 Å². The van der Waals surface area contributed by atoms with Gasteiger partial charge in [-0.2, -0.15) is 0 Å². The standard InChI is InChI=1S/C19H18ClNO/c20-16-8-3-5-14(13-16)11-12-19(22)21-18-10-4-7-15-6-1-2-9-17(15)18/h1-3,5-6,8-9,11-13,18H,4,7,10H2,(H,21,22)/b12-11+/t18-/m1/s1. The molecule has 0 bridgehead atoms. The van der Waals surface area contributed by atoms with Gasteiger partial charge in [0.1, 0.15) is 0 Å². The summed E-state index contributed by atoms with van der Waals surface area (Å²) >= 11 is 5.94. The topological polar surface area (TPSA) is 29.1 Å². The molecule has 1 amide bonds. The van der Waals surface area contributed by atoms with Crippen LogP contribution in [-0.4, -0.2) is 5.91 Å². The molecule has 0 saturated carbocycles. The molecule has 0 aliphatic heterocycles. The molecule has 1 aliphatic rings. The van der Waals surface area contributed by atoms with Crippen LogP contribution < -0.4 is 5.32 Å². The van der Waals surface area contributed by atoms with Crippen molar-refractivity contribution in [1.82, 2.24) is 5.32 Å². The summed E-state index contributed by atoms with van der Waals surface area (Å²) in [6.07, 6.45) is 6.56. The highest BCUT2D eigenvalue weighted by Crippen LogP contribution is 2.29. The van der Waals surface area contributed by atoms with Gasteiger partial charge in [0, 0.05) is 11.1 Å². The number of halogens is 1. The molecule has 112 valence electrons. The molecule has 0 aromatic heterocycles. The smallest absolute Gasteiger partial charge is 0.244 e. The van der Waals surface area contributed by atoms with Crippen molar-refractivity contribution >= 4 is 23.6 Å². The largest absolute Gasteiger partial charge is 0.346 e. The van der Waals surface area contributed by atoms with Crippen molar-refractivity contribution in [3.63, 3.8) is 0 Å². The molecular formula is C19H18ClNO. The fourth-order valence-corrected chi connectivity index (χ4v) is 3.10. The summed E-state index contributed by atoms with van der Waals surface area (Å²) in [5.41, 5.74) is 3.52. The Kier molecular flexibility index (Phi) is 4.59. The maximum Gasteiger partial charge on any atom is 0.244 e. The second-order valence-corrected chi connectivity index (χ2v) is 5.98. The Morgan fingerprint density at radius 3 is 2.91 bits per heavy atom. The number of rotatable bonds is 3. The first-order valence-corrected chi connectivity index (χ1v) is 7.92. The van der Waals surface area contributed by atoms with E-state index in [2.05, 4.69) is 23.5 Å². The summed E-state index contributed by atoms with van der Waals surface area (Å²) in [5, 5.41) is 3.77. The average Bonchev–Trinajstić information content (AvgIpc) is 2.53. The lowest BCUT2D eigenvalue weighted by molar-refractivity contribution is -0.117. The fraction of sp³-hybridized carbons (Fsp3) is 0.211. The third kappa shape index (κ3) is 3.58. The average molecular weight is 312 g/mol. The van der Waals surface area contributed by atoms with Crippen LogP contribution in [0.5, 0.6) is 0 Å². The van der Waals surface area contributed by atoms with Gasteiger partial charge in [0.15, 0.2) is 0 Å².